The maximum absolute atomic E-state index is 12.5. The van der Waals surface area contributed by atoms with Crippen molar-refractivity contribution in [3.63, 3.8) is 0 Å². The van der Waals surface area contributed by atoms with E-state index in [9.17, 15) is 9.59 Å². The summed E-state index contributed by atoms with van der Waals surface area (Å²) in [4.78, 5) is 23.6. The van der Waals surface area contributed by atoms with Crippen molar-refractivity contribution in [3.05, 3.63) is 34.9 Å². The average Bonchev–Trinajstić information content (AvgIpc) is 3.14. The number of carbonyl (C=O) groups is 2. The number of halogens is 1. The van der Waals surface area contributed by atoms with Crippen molar-refractivity contribution in [1.29, 1.82) is 0 Å². The molecule has 0 heterocycles. The van der Waals surface area contributed by atoms with Gasteiger partial charge in [0, 0.05) is 10.9 Å². The molecule has 2 N–H and O–H groups in total. The van der Waals surface area contributed by atoms with Crippen LogP contribution in [0.5, 0.6) is 0 Å². The lowest BCUT2D eigenvalue weighted by atomic mass is 9.92. The van der Waals surface area contributed by atoms with Gasteiger partial charge in [0.15, 0.2) is 0 Å². The second-order valence-electron chi connectivity index (χ2n) is 6.55. The van der Waals surface area contributed by atoms with Gasteiger partial charge < -0.3 is 10.4 Å². The number of carboxylic acids is 1. The van der Waals surface area contributed by atoms with Crippen molar-refractivity contribution in [2.45, 2.75) is 50.0 Å². The molecule has 1 aromatic carbocycles. The third kappa shape index (κ3) is 3.27. The molecule has 22 heavy (non-hydrogen) atoms. The molecular weight excluding hydrogens is 302 g/mol. The molecule has 0 radical (unpaired) electrons. The fraction of sp³-hybridized carbons (Fsp3) is 0.529. The second kappa shape index (κ2) is 5.92. The summed E-state index contributed by atoms with van der Waals surface area (Å²) in [5.74, 6) is -0.691. The molecule has 4 nitrogen and oxygen atoms in total. The Labute approximate surface area is 134 Å². The molecule has 2 aliphatic rings. The smallest absolute Gasteiger partial charge is 0.305 e. The summed E-state index contributed by atoms with van der Waals surface area (Å²) in [5, 5.41) is 12.8. The summed E-state index contributed by atoms with van der Waals surface area (Å²) in [7, 11) is 0. The van der Waals surface area contributed by atoms with E-state index in [2.05, 4.69) is 5.32 Å². The first-order chi connectivity index (χ1) is 10.5. The number of carboxylic acid groups (broad SMARTS) is 1. The average molecular weight is 322 g/mol. The molecule has 5 heteroatoms. The molecule has 1 aromatic rings. The first-order valence-electron chi connectivity index (χ1n) is 7.78. The van der Waals surface area contributed by atoms with E-state index in [4.69, 9.17) is 16.7 Å². The normalized spacial score (nSPS) is 25.7. The lowest BCUT2D eigenvalue weighted by Gasteiger charge is -2.28. The minimum absolute atomic E-state index is 0.00637. The highest BCUT2D eigenvalue weighted by Gasteiger charge is 2.47. The first-order valence-corrected chi connectivity index (χ1v) is 8.16. The summed E-state index contributed by atoms with van der Waals surface area (Å²) in [5.41, 5.74) is 0.552. The van der Waals surface area contributed by atoms with Gasteiger partial charge in [-0.05, 0) is 42.9 Å². The first kappa shape index (κ1) is 15.3. The Hall–Kier alpha value is -1.55. The van der Waals surface area contributed by atoms with Gasteiger partial charge in [-0.25, -0.2) is 0 Å². The Balaban J connectivity index is 1.64. The van der Waals surface area contributed by atoms with Crippen LogP contribution in [0.15, 0.2) is 24.3 Å². The number of aliphatic carboxylic acids is 1. The summed E-state index contributed by atoms with van der Waals surface area (Å²) < 4.78 is 0. The monoisotopic (exact) mass is 321 g/mol. The van der Waals surface area contributed by atoms with E-state index in [1.807, 2.05) is 24.3 Å². The maximum atomic E-state index is 12.5. The largest absolute Gasteiger partial charge is 0.481 e. The number of nitrogens with one attached hydrogen (secondary N) is 1. The van der Waals surface area contributed by atoms with Crippen molar-refractivity contribution in [1.82, 2.24) is 5.32 Å². The predicted octanol–water partition coefficient (Wildman–Crippen LogP) is 3.35. The van der Waals surface area contributed by atoms with Crippen LogP contribution in [0.3, 0.4) is 0 Å². The number of hydrogen-bond donors (Lipinski definition) is 2. The van der Waals surface area contributed by atoms with Crippen LogP contribution in [0.1, 0.15) is 50.0 Å². The van der Waals surface area contributed by atoms with Crippen molar-refractivity contribution in [2.24, 2.45) is 5.92 Å². The van der Waals surface area contributed by atoms with Crippen LogP contribution >= 0.6 is 11.6 Å². The highest BCUT2D eigenvalue weighted by molar-refractivity contribution is 6.30. The third-order valence-electron chi connectivity index (χ3n) is 4.84. The van der Waals surface area contributed by atoms with Crippen LogP contribution in [-0.2, 0) is 9.59 Å². The Morgan fingerprint density at radius 1 is 1.32 bits per heavy atom. The zero-order valence-electron chi connectivity index (χ0n) is 12.3. The molecule has 3 rings (SSSR count). The minimum Gasteiger partial charge on any atom is -0.481 e. The van der Waals surface area contributed by atoms with Crippen molar-refractivity contribution in [3.8, 4) is 0 Å². The molecule has 118 valence electrons. The quantitative estimate of drug-likeness (QED) is 0.874. The number of carbonyl (C=O) groups excluding carboxylic acids is 1. The van der Waals surface area contributed by atoms with Crippen LogP contribution in [0.4, 0.5) is 0 Å². The predicted molar refractivity (Wildman–Crippen MR) is 83.9 cm³/mol. The van der Waals surface area contributed by atoms with Crippen LogP contribution < -0.4 is 5.32 Å². The van der Waals surface area contributed by atoms with Gasteiger partial charge in [0.05, 0.1) is 12.0 Å². The summed E-state index contributed by atoms with van der Waals surface area (Å²) >= 11 is 6.00. The minimum atomic E-state index is -0.843. The van der Waals surface area contributed by atoms with E-state index in [1.165, 1.54) is 0 Å². The molecule has 0 bridgehead atoms. The SMILES string of the molecule is O=C(O)CC1(NC(=O)C2CC2c2cccc(Cl)c2)CCCC1. The van der Waals surface area contributed by atoms with Gasteiger partial charge in [-0.2, -0.15) is 0 Å². The van der Waals surface area contributed by atoms with Crippen molar-refractivity contribution < 1.29 is 14.7 Å². The molecule has 2 atom stereocenters. The molecule has 0 saturated heterocycles. The Morgan fingerprint density at radius 3 is 2.68 bits per heavy atom. The van der Waals surface area contributed by atoms with Gasteiger partial charge in [-0.1, -0.05) is 36.6 Å². The highest BCUT2D eigenvalue weighted by atomic mass is 35.5. The van der Waals surface area contributed by atoms with E-state index in [-0.39, 0.29) is 24.2 Å². The lowest BCUT2D eigenvalue weighted by Crippen LogP contribution is -2.48. The summed E-state index contributed by atoms with van der Waals surface area (Å²) in [6, 6.07) is 7.62. The molecular formula is C17H20ClNO3. The second-order valence-corrected chi connectivity index (χ2v) is 6.99. The zero-order valence-corrected chi connectivity index (χ0v) is 13.1. The molecule has 1 amide bonds. The van der Waals surface area contributed by atoms with Gasteiger partial charge in [0.25, 0.3) is 0 Å². The molecule has 2 saturated carbocycles. The van der Waals surface area contributed by atoms with Crippen LogP contribution in [0.25, 0.3) is 0 Å². The fourth-order valence-electron chi connectivity index (χ4n) is 3.63. The standard InChI is InChI=1S/C17H20ClNO3/c18-12-5-3-4-11(8-12)13-9-14(13)16(22)19-17(10-15(20)21)6-1-2-7-17/h3-5,8,13-14H,1-2,6-7,9-10H2,(H,19,22)(H,20,21). The Bertz CT molecular complexity index is 595. The molecule has 2 aliphatic carbocycles. The number of hydrogen-bond acceptors (Lipinski definition) is 2. The third-order valence-corrected chi connectivity index (χ3v) is 5.08. The topological polar surface area (TPSA) is 66.4 Å². The molecule has 0 aromatic heterocycles. The van der Waals surface area contributed by atoms with Gasteiger partial charge in [0.2, 0.25) is 5.91 Å². The number of benzene rings is 1. The lowest BCUT2D eigenvalue weighted by molar-refractivity contribution is -0.139. The van der Waals surface area contributed by atoms with E-state index in [0.717, 1.165) is 37.7 Å². The van der Waals surface area contributed by atoms with Gasteiger partial charge >= 0.3 is 5.97 Å². The molecule has 0 spiro atoms. The van der Waals surface area contributed by atoms with E-state index in [0.29, 0.717) is 5.02 Å². The van der Waals surface area contributed by atoms with Crippen LogP contribution in [-0.4, -0.2) is 22.5 Å². The molecule has 2 fully saturated rings. The number of rotatable bonds is 5. The van der Waals surface area contributed by atoms with Gasteiger partial charge in [-0.15, -0.1) is 0 Å². The zero-order chi connectivity index (χ0) is 15.7. The highest BCUT2D eigenvalue weighted by Crippen LogP contribution is 2.48. The maximum Gasteiger partial charge on any atom is 0.305 e. The van der Waals surface area contributed by atoms with Gasteiger partial charge in [-0.3, -0.25) is 9.59 Å². The Morgan fingerprint density at radius 2 is 2.05 bits per heavy atom. The Kier molecular flexibility index (Phi) is 4.13. The van der Waals surface area contributed by atoms with Crippen molar-refractivity contribution in [2.75, 3.05) is 0 Å². The molecule has 0 aliphatic heterocycles. The molecule has 2 unspecified atom stereocenters. The summed E-state index contributed by atoms with van der Waals surface area (Å²) in [6.07, 6.45) is 4.33. The van der Waals surface area contributed by atoms with Crippen molar-refractivity contribution >= 4 is 23.5 Å². The van der Waals surface area contributed by atoms with E-state index in [1.54, 1.807) is 0 Å². The van der Waals surface area contributed by atoms with Crippen LogP contribution in [0, 0.1) is 5.92 Å². The fourth-order valence-corrected chi connectivity index (χ4v) is 3.83. The summed E-state index contributed by atoms with van der Waals surface area (Å²) in [6.45, 7) is 0. The van der Waals surface area contributed by atoms with Crippen LogP contribution in [0.2, 0.25) is 5.02 Å². The van der Waals surface area contributed by atoms with E-state index >= 15 is 0 Å². The van der Waals surface area contributed by atoms with E-state index < -0.39 is 11.5 Å². The number of amides is 1. The van der Waals surface area contributed by atoms with Gasteiger partial charge in [0.1, 0.15) is 0 Å².